The molecular formula is C22H18ClN3O3S. The maximum absolute atomic E-state index is 11.6. The Kier molecular flexibility index (Phi) is 6.21. The van der Waals surface area contributed by atoms with Crippen molar-refractivity contribution in [3.63, 3.8) is 0 Å². The molecule has 0 N–H and O–H groups in total. The lowest BCUT2D eigenvalue weighted by molar-refractivity contribution is 0.0563. The Labute approximate surface area is 182 Å². The highest BCUT2D eigenvalue weighted by molar-refractivity contribution is 7.98. The van der Waals surface area contributed by atoms with E-state index in [0.29, 0.717) is 23.1 Å². The minimum absolute atomic E-state index is 0.181. The van der Waals surface area contributed by atoms with E-state index in [2.05, 4.69) is 31.6 Å². The third-order valence-electron chi connectivity index (χ3n) is 4.39. The first kappa shape index (κ1) is 20.3. The highest BCUT2D eigenvalue weighted by atomic mass is 35.5. The van der Waals surface area contributed by atoms with Crippen LogP contribution in [0.2, 0.25) is 5.02 Å². The van der Waals surface area contributed by atoms with E-state index in [1.165, 1.54) is 18.9 Å². The fraction of sp³-hybridized carbons (Fsp3) is 0.136. The van der Waals surface area contributed by atoms with Gasteiger partial charge in [-0.1, -0.05) is 53.7 Å². The van der Waals surface area contributed by atoms with Crippen LogP contribution in [0, 0.1) is 0 Å². The monoisotopic (exact) mass is 439 g/mol. The Balaban J connectivity index is 1.61. The van der Waals surface area contributed by atoms with Gasteiger partial charge in [0.2, 0.25) is 5.76 Å². The Morgan fingerprint density at radius 2 is 1.83 bits per heavy atom. The number of halogens is 1. The van der Waals surface area contributed by atoms with Crippen LogP contribution in [0.4, 0.5) is 0 Å². The van der Waals surface area contributed by atoms with Gasteiger partial charge in [0.25, 0.3) is 0 Å². The van der Waals surface area contributed by atoms with Crippen molar-refractivity contribution >= 4 is 29.3 Å². The number of ether oxygens (including phenoxy) is 1. The van der Waals surface area contributed by atoms with E-state index >= 15 is 0 Å². The Morgan fingerprint density at radius 1 is 1.07 bits per heavy atom. The van der Waals surface area contributed by atoms with Gasteiger partial charge in [-0.2, -0.15) is 0 Å². The average Bonchev–Trinajstić information content (AvgIpc) is 3.40. The van der Waals surface area contributed by atoms with E-state index in [1.54, 1.807) is 12.1 Å². The number of rotatable bonds is 7. The van der Waals surface area contributed by atoms with Gasteiger partial charge in [-0.05, 0) is 42.0 Å². The first-order chi connectivity index (χ1) is 14.6. The molecule has 2 aromatic heterocycles. The number of nitrogens with zero attached hydrogens (tertiary/aromatic N) is 3. The highest BCUT2D eigenvalue weighted by Gasteiger charge is 2.17. The van der Waals surface area contributed by atoms with Crippen LogP contribution in [0.5, 0.6) is 0 Å². The Morgan fingerprint density at radius 3 is 2.57 bits per heavy atom. The lowest BCUT2D eigenvalue weighted by Crippen LogP contribution is -2.04. The van der Waals surface area contributed by atoms with Crippen LogP contribution in [0.1, 0.15) is 21.9 Å². The summed E-state index contributed by atoms with van der Waals surface area (Å²) in [5.41, 5.74) is 2.07. The molecule has 0 aliphatic carbocycles. The zero-order chi connectivity index (χ0) is 20.9. The van der Waals surface area contributed by atoms with E-state index in [1.807, 2.05) is 42.5 Å². The van der Waals surface area contributed by atoms with Gasteiger partial charge in [0.1, 0.15) is 5.76 Å². The molecule has 4 aromatic rings. The fourth-order valence-electron chi connectivity index (χ4n) is 2.92. The fourth-order valence-corrected chi connectivity index (χ4v) is 3.88. The molecule has 0 aliphatic rings. The number of hydrogen-bond acceptors (Lipinski definition) is 6. The van der Waals surface area contributed by atoms with Crippen molar-refractivity contribution in [1.29, 1.82) is 0 Å². The van der Waals surface area contributed by atoms with Crippen LogP contribution in [0.15, 0.2) is 76.3 Å². The molecule has 2 aromatic carbocycles. The normalized spacial score (nSPS) is 10.9. The number of esters is 1. The zero-order valence-corrected chi connectivity index (χ0v) is 17.7. The summed E-state index contributed by atoms with van der Waals surface area (Å²) in [5.74, 6) is 1.60. The molecule has 0 radical (unpaired) electrons. The summed E-state index contributed by atoms with van der Waals surface area (Å²) >= 11 is 7.52. The van der Waals surface area contributed by atoms with Crippen molar-refractivity contribution in [3.05, 3.63) is 88.8 Å². The van der Waals surface area contributed by atoms with Gasteiger partial charge in [-0.15, -0.1) is 10.2 Å². The summed E-state index contributed by atoms with van der Waals surface area (Å²) in [6.07, 6.45) is 0. The van der Waals surface area contributed by atoms with Gasteiger partial charge in [0, 0.05) is 10.6 Å². The zero-order valence-electron chi connectivity index (χ0n) is 16.1. The number of benzene rings is 2. The molecule has 6 nitrogen and oxygen atoms in total. The van der Waals surface area contributed by atoms with Crippen molar-refractivity contribution in [2.75, 3.05) is 7.11 Å². The molecule has 0 amide bonds. The van der Waals surface area contributed by atoms with E-state index in [4.69, 9.17) is 16.0 Å². The van der Waals surface area contributed by atoms with Crippen molar-refractivity contribution in [3.8, 4) is 11.4 Å². The summed E-state index contributed by atoms with van der Waals surface area (Å²) in [6.45, 7) is 0.625. The molecule has 2 heterocycles. The molecule has 0 saturated carbocycles. The number of furan rings is 1. The second-order valence-corrected chi connectivity index (χ2v) is 7.81. The molecule has 0 unspecified atom stereocenters. The molecule has 4 rings (SSSR count). The maximum Gasteiger partial charge on any atom is 0.373 e. The summed E-state index contributed by atoms with van der Waals surface area (Å²) in [5, 5.41) is 10.2. The summed E-state index contributed by atoms with van der Waals surface area (Å²) in [7, 11) is 1.32. The SMILES string of the molecule is COC(=O)c1ccc(CSc2nnc(-c3ccc(Cl)cc3)n2Cc2ccccc2)o1. The van der Waals surface area contributed by atoms with Gasteiger partial charge < -0.3 is 9.15 Å². The quantitative estimate of drug-likeness (QED) is 0.287. The first-order valence-electron chi connectivity index (χ1n) is 9.17. The number of aromatic nitrogens is 3. The number of carbonyl (C=O) groups is 1. The lowest BCUT2D eigenvalue weighted by atomic mass is 10.2. The standard InChI is InChI=1S/C22H18ClN3O3S/c1-28-21(27)19-12-11-18(29-19)14-30-22-25-24-20(16-7-9-17(23)10-8-16)26(22)13-15-5-3-2-4-6-15/h2-12H,13-14H2,1H3. The second kappa shape index (κ2) is 9.19. The molecule has 0 saturated heterocycles. The van der Waals surface area contributed by atoms with Gasteiger partial charge in [-0.25, -0.2) is 4.79 Å². The second-order valence-electron chi connectivity index (χ2n) is 6.43. The molecule has 0 bridgehead atoms. The average molecular weight is 440 g/mol. The number of hydrogen-bond donors (Lipinski definition) is 0. The number of methoxy groups -OCH3 is 1. The smallest absolute Gasteiger partial charge is 0.373 e. The van der Waals surface area contributed by atoms with Crippen molar-refractivity contribution in [2.45, 2.75) is 17.5 Å². The predicted octanol–water partition coefficient (Wildman–Crippen LogP) is 5.32. The van der Waals surface area contributed by atoms with Crippen LogP contribution in [-0.4, -0.2) is 27.8 Å². The highest BCUT2D eigenvalue weighted by Crippen LogP contribution is 2.28. The maximum atomic E-state index is 11.6. The predicted molar refractivity (Wildman–Crippen MR) is 116 cm³/mol. The van der Waals surface area contributed by atoms with Gasteiger partial charge >= 0.3 is 5.97 Å². The summed E-state index contributed by atoms with van der Waals surface area (Å²) < 4.78 is 12.3. The largest absolute Gasteiger partial charge is 0.463 e. The van der Waals surface area contributed by atoms with E-state index in [9.17, 15) is 4.79 Å². The lowest BCUT2D eigenvalue weighted by Gasteiger charge is -2.10. The molecule has 0 aliphatic heterocycles. The topological polar surface area (TPSA) is 70.2 Å². The first-order valence-corrected chi connectivity index (χ1v) is 10.5. The van der Waals surface area contributed by atoms with Gasteiger partial charge in [-0.3, -0.25) is 4.57 Å². The van der Waals surface area contributed by atoms with E-state index < -0.39 is 5.97 Å². The van der Waals surface area contributed by atoms with Gasteiger partial charge in [0.15, 0.2) is 11.0 Å². The van der Waals surface area contributed by atoms with Crippen LogP contribution < -0.4 is 0 Å². The van der Waals surface area contributed by atoms with Crippen LogP contribution in [0.3, 0.4) is 0 Å². The Hall–Kier alpha value is -3.03. The molecule has 0 fully saturated rings. The van der Waals surface area contributed by atoms with Crippen LogP contribution in [0.25, 0.3) is 11.4 Å². The van der Waals surface area contributed by atoms with Crippen molar-refractivity contribution in [1.82, 2.24) is 14.8 Å². The third kappa shape index (κ3) is 4.58. The van der Waals surface area contributed by atoms with Crippen molar-refractivity contribution in [2.24, 2.45) is 0 Å². The molecule has 0 atom stereocenters. The molecule has 30 heavy (non-hydrogen) atoms. The van der Waals surface area contributed by atoms with Crippen molar-refractivity contribution < 1.29 is 13.9 Å². The van der Waals surface area contributed by atoms with E-state index in [0.717, 1.165) is 22.1 Å². The Bertz CT molecular complexity index is 1140. The minimum atomic E-state index is -0.497. The molecular weight excluding hydrogens is 422 g/mol. The number of carbonyl (C=O) groups excluding carboxylic acids is 1. The molecule has 152 valence electrons. The molecule has 8 heteroatoms. The minimum Gasteiger partial charge on any atom is -0.463 e. The summed E-state index contributed by atoms with van der Waals surface area (Å²) in [6, 6.07) is 21.0. The van der Waals surface area contributed by atoms with Gasteiger partial charge in [0.05, 0.1) is 19.4 Å². The van der Waals surface area contributed by atoms with E-state index in [-0.39, 0.29) is 5.76 Å². The third-order valence-corrected chi connectivity index (χ3v) is 5.64. The van der Waals surface area contributed by atoms with Crippen LogP contribution in [-0.2, 0) is 17.0 Å². The number of thioether (sulfide) groups is 1. The summed E-state index contributed by atoms with van der Waals surface area (Å²) in [4.78, 5) is 11.6. The molecule has 0 spiro atoms. The van der Waals surface area contributed by atoms with Crippen LogP contribution >= 0.6 is 23.4 Å².